The molecule has 4 rings (SSSR count). The van der Waals surface area contributed by atoms with Crippen molar-refractivity contribution in [1.29, 1.82) is 0 Å². The van der Waals surface area contributed by atoms with Crippen LogP contribution in [0.25, 0.3) is 16.9 Å². The van der Waals surface area contributed by atoms with Crippen LogP contribution in [0.2, 0.25) is 51.3 Å². The first kappa shape index (κ1) is 36.3. The molecule has 0 saturated carbocycles. The Morgan fingerprint density at radius 3 is 2.00 bits per heavy atom. The van der Waals surface area contributed by atoms with Crippen LogP contribution in [0, 0.1) is 0 Å². The number of pyridine rings is 1. The van der Waals surface area contributed by atoms with Gasteiger partial charge in [-0.25, -0.2) is 4.98 Å². The third-order valence-corrected chi connectivity index (χ3v) is 18.7. The molecule has 2 aromatic heterocycles. The number of imidazole rings is 1. The van der Waals surface area contributed by atoms with Crippen molar-refractivity contribution in [3.05, 3.63) is 81.1 Å². The normalized spacial score (nSPS) is 12.8. The van der Waals surface area contributed by atoms with E-state index in [-0.39, 0.29) is 22.4 Å². The van der Waals surface area contributed by atoms with E-state index in [9.17, 15) is 4.79 Å². The summed E-state index contributed by atoms with van der Waals surface area (Å²) in [6, 6.07) is 15.2. The summed E-state index contributed by atoms with van der Waals surface area (Å²) in [5.41, 5.74) is 3.77. The Kier molecular flexibility index (Phi) is 10.7. The molecular formula is C35H46Cl3N3O3Si2. The molecule has 0 aliphatic heterocycles. The summed E-state index contributed by atoms with van der Waals surface area (Å²) in [6.45, 7) is 22.8. The first-order valence-corrected chi connectivity index (χ1v) is 22.5. The lowest BCUT2D eigenvalue weighted by atomic mass is 10.1. The number of benzene rings is 2. The topological polar surface area (TPSA) is 64.9 Å². The highest BCUT2D eigenvalue weighted by Crippen LogP contribution is 2.44. The quantitative estimate of drug-likeness (QED) is 0.166. The minimum absolute atomic E-state index is 0.0301. The lowest BCUT2D eigenvalue weighted by Crippen LogP contribution is -2.45. The van der Waals surface area contributed by atoms with Gasteiger partial charge in [-0.05, 0) is 78.6 Å². The number of carbonyl (C=O) groups is 1. The van der Waals surface area contributed by atoms with E-state index in [1.54, 1.807) is 28.8 Å². The number of amides is 1. The van der Waals surface area contributed by atoms with Gasteiger partial charge in [0.25, 0.3) is 16.6 Å². The summed E-state index contributed by atoms with van der Waals surface area (Å²) in [6.07, 6.45) is 2.46. The standard InChI is InChI=1S/C35H46Cl3N3O3Si2/c1-34(2,3)45(7,8)43-29-16-11-23(19-30(29)44-46(9,10)35(4,5)6)17-18-39-31(42)21-28-32(24-12-14-25(36)15-13-24)40-33-27(38)20-26(37)22-41(28)33/h11-16,19-20,22H,17-18,21H2,1-10H3,(H,39,42). The first-order valence-electron chi connectivity index (χ1n) is 15.6. The summed E-state index contributed by atoms with van der Waals surface area (Å²) < 4.78 is 15.4. The van der Waals surface area contributed by atoms with Crippen molar-refractivity contribution in [1.82, 2.24) is 14.7 Å². The van der Waals surface area contributed by atoms with Crippen molar-refractivity contribution in [2.24, 2.45) is 0 Å². The molecule has 248 valence electrons. The van der Waals surface area contributed by atoms with Crippen LogP contribution in [0.1, 0.15) is 52.8 Å². The zero-order valence-corrected chi connectivity index (χ0v) is 32.8. The van der Waals surface area contributed by atoms with Crippen molar-refractivity contribution in [2.45, 2.75) is 90.6 Å². The maximum atomic E-state index is 13.3. The van der Waals surface area contributed by atoms with E-state index < -0.39 is 16.6 Å². The van der Waals surface area contributed by atoms with E-state index in [0.29, 0.717) is 45.1 Å². The van der Waals surface area contributed by atoms with Crippen LogP contribution in [0.15, 0.2) is 54.7 Å². The second-order valence-corrected chi connectivity index (χ2v) is 25.6. The number of fused-ring (bicyclic) bond motifs is 1. The number of halogens is 3. The van der Waals surface area contributed by atoms with Gasteiger partial charge in [0.2, 0.25) is 5.91 Å². The molecular weight excluding hydrogens is 673 g/mol. The second kappa shape index (κ2) is 13.6. The van der Waals surface area contributed by atoms with Gasteiger partial charge >= 0.3 is 0 Å². The Morgan fingerprint density at radius 1 is 0.826 bits per heavy atom. The monoisotopic (exact) mass is 717 g/mol. The summed E-state index contributed by atoms with van der Waals surface area (Å²) in [7, 11) is -4.24. The van der Waals surface area contributed by atoms with Crippen LogP contribution in [0.3, 0.4) is 0 Å². The zero-order valence-electron chi connectivity index (χ0n) is 28.6. The van der Waals surface area contributed by atoms with Gasteiger partial charge in [0.05, 0.1) is 27.9 Å². The Hall–Kier alpha value is -2.50. The van der Waals surface area contributed by atoms with Gasteiger partial charge in [0.1, 0.15) is 11.5 Å². The Balaban J connectivity index is 1.55. The molecule has 6 nitrogen and oxygen atoms in total. The molecule has 4 aromatic rings. The lowest BCUT2D eigenvalue weighted by Gasteiger charge is -2.39. The summed E-state index contributed by atoms with van der Waals surface area (Å²) in [4.78, 5) is 18.1. The van der Waals surface area contributed by atoms with Crippen molar-refractivity contribution >= 4 is 63.0 Å². The molecule has 0 fully saturated rings. The molecule has 11 heteroatoms. The van der Waals surface area contributed by atoms with E-state index >= 15 is 0 Å². The molecule has 1 N–H and O–H groups in total. The molecule has 46 heavy (non-hydrogen) atoms. The highest BCUT2D eigenvalue weighted by molar-refractivity contribution is 6.75. The third kappa shape index (κ3) is 8.31. The molecule has 1 amide bonds. The first-order chi connectivity index (χ1) is 21.2. The van der Waals surface area contributed by atoms with Crippen LogP contribution < -0.4 is 14.2 Å². The number of nitrogens with one attached hydrogen (secondary N) is 1. The van der Waals surface area contributed by atoms with Crippen molar-refractivity contribution in [3.8, 4) is 22.8 Å². The number of nitrogens with zero attached hydrogens (tertiary/aromatic N) is 2. The second-order valence-electron chi connectivity index (χ2n) is 14.9. The Bertz CT molecular complexity index is 1720. The summed E-state index contributed by atoms with van der Waals surface area (Å²) >= 11 is 19.0. The average molecular weight is 719 g/mol. The number of hydrogen-bond donors (Lipinski definition) is 1. The molecule has 0 unspecified atom stereocenters. The van der Waals surface area contributed by atoms with Gasteiger partial charge in [-0.2, -0.15) is 0 Å². The highest BCUT2D eigenvalue weighted by Gasteiger charge is 2.42. The van der Waals surface area contributed by atoms with E-state index in [2.05, 4.69) is 85.2 Å². The van der Waals surface area contributed by atoms with Gasteiger partial charge in [0, 0.05) is 23.3 Å². The molecule has 0 aliphatic rings. The van der Waals surface area contributed by atoms with Crippen LogP contribution >= 0.6 is 34.8 Å². The van der Waals surface area contributed by atoms with Gasteiger partial charge in [-0.1, -0.05) is 94.5 Å². The predicted octanol–water partition coefficient (Wildman–Crippen LogP) is 10.6. The summed E-state index contributed by atoms with van der Waals surface area (Å²) in [5.74, 6) is 1.44. The number of hydrogen-bond acceptors (Lipinski definition) is 4. The SMILES string of the molecule is CC(C)(C)[Si](C)(C)Oc1ccc(CCNC(=O)Cc2c(-c3ccc(Cl)cc3)nc3c(Cl)cc(Cl)cn23)cc1O[Si](C)(C)C(C)(C)C. The Labute approximate surface area is 291 Å². The summed E-state index contributed by atoms with van der Waals surface area (Å²) in [5, 5.41) is 4.65. The molecule has 0 bridgehead atoms. The highest BCUT2D eigenvalue weighted by atomic mass is 35.5. The van der Waals surface area contributed by atoms with E-state index in [4.69, 9.17) is 48.6 Å². The molecule has 0 atom stereocenters. The largest absolute Gasteiger partial charge is 0.541 e. The van der Waals surface area contributed by atoms with Crippen molar-refractivity contribution in [3.63, 3.8) is 0 Å². The number of rotatable bonds is 10. The van der Waals surface area contributed by atoms with Crippen LogP contribution in [0.4, 0.5) is 0 Å². The molecule has 0 saturated heterocycles. The van der Waals surface area contributed by atoms with Crippen molar-refractivity contribution < 1.29 is 13.6 Å². The van der Waals surface area contributed by atoms with Gasteiger partial charge in [0.15, 0.2) is 5.65 Å². The molecule has 0 spiro atoms. The third-order valence-electron chi connectivity index (χ3n) is 9.27. The van der Waals surface area contributed by atoms with E-state index in [1.165, 1.54) is 0 Å². The average Bonchev–Trinajstić information content (AvgIpc) is 3.27. The smallest absolute Gasteiger partial charge is 0.250 e. The number of aromatic nitrogens is 2. The molecule has 0 radical (unpaired) electrons. The molecule has 0 aliphatic carbocycles. The molecule has 2 heterocycles. The van der Waals surface area contributed by atoms with Crippen LogP contribution in [-0.4, -0.2) is 38.5 Å². The minimum atomic E-state index is -2.14. The fourth-order valence-corrected chi connectivity index (χ4v) is 7.10. The maximum Gasteiger partial charge on any atom is 0.250 e. The molecule has 2 aromatic carbocycles. The Morgan fingerprint density at radius 2 is 1.41 bits per heavy atom. The minimum Gasteiger partial charge on any atom is -0.541 e. The predicted molar refractivity (Wildman–Crippen MR) is 198 cm³/mol. The van der Waals surface area contributed by atoms with Crippen LogP contribution in [0.5, 0.6) is 11.5 Å². The fourth-order valence-electron chi connectivity index (χ4n) is 4.42. The van der Waals surface area contributed by atoms with E-state index in [1.807, 2.05) is 18.2 Å². The van der Waals surface area contributed by atoms with Gasteiger partial charge < -0.3 is 18.6 Å². The van der Waals surface area contributed by atoms with Gasteiger partial charge in [-0.3, -0.25) is 4.79 Å². The zero-order chi connectivity index (χ0) is 34.2. The van der Waals surface area contributed by atoms with Gasteiger partial charge in [-0.15, -0.1) is 0 Å². The van der Waals surface area contributed by atoms with E-state index in [0.717, 1.165) is 22.6 Å². The maximum absolute atomic E-state index is 13.3. The van der Waals surface area contributed by atoms with Crippen molar-refractivity contribution in [2.75, 3.05) is 6.54 Å². The lowest BCUT2D eigenvalue weighted by molar-refractivity contribution is -0.120. The fraction of sp³-hybridized carbons (Fsp3) is 0.429. The van der Waals surface area contributed by atoms with Crippen LogP contribution in [-0.2, 0) is 17.6 Å². The number of carbonyl (C=O) groups excluding carboxylic acids is 1.